The van der Waals surface area contributed by atoms with Crippen molar-refractivity contribution in [3.8, 4) is 0 Å². The summed E-state index contributed by atoms with van der Waals surface area (Å²) in [6, 6.07) is 0. The van der Waals surface area contributed by atoms with Crippen LogP contribution in [0.3, 0.4) is 0 Å². The monoisotopic (exact) mass is 304 g/mol. The Kier molecular flexibility index (Phi) is 4.08. The first-order valence-electron chi connectivity index (χ1n) is 8.90. The standard InChI is InChI=1S/C20H36N2/c1-13(2)16-17(14(3)4)19(7,8)20(9,10)22-12-21-11-15(22)18(16,5)6/h11-14,16-17H,1-10H3. The highest BCUT2D eigenvalue weighted by Gasteiger charge is 2.56. The van der Waals surface area contributed by atoms with E-state index >= 15 is 0 Å². The number of fused-ring (bicyclic) bond motifs is 1. The zero-order valence-electron chi connectivity index (χ0n) is 16.4. The van der Waals surface area contributed by atoms with Gasteiger partial charge in [0.1, 0.15) is 0 Å². The molecule has 1 aromatic rings. The van der Waals surface area contributed by atoms with Gasteiger partial charge < -0.3 is 4.57 Å². The van der Waals surface area contributed by atoms with Gasteiger partial charge in [0.15, 0.2) is 0 Å². The number of hydrogen-bond donors (Lipinski definition) is 0. The number of imidazole rings is 1. The molecule has 0 aromatic carbocycles. The molecule has 0 radical (unpaired) electrons. The largest absolute Gasteiger partial charge is 0.328 e. The van der Waals surface area contributed by atoms with Gasteiger partial charge in [0.05, 0.1) is 6.33 Å². The predicted molar refractivity (Wildman–Crippen MR) is 95.0 cm³/mol. The Morgan fingerprint density at radius 1 is 0.909 bits per heavy atom. The maximum Gasteiger partial charge on any atom is 0.0953 e. The Morgan fingerprint density at radius 3 is 1.86 bits per heavy atom. The Bertz CT molecular complexity index is 532. The fourth-order valence-corrected chi connectivity index (χ4v) is 5.50. The summed E-state index contributed by atoms with van der Waals surface area (Å²) < 4.78 is 2.46. The molecular weight excluding hydrogens is 268 g/mol. The second kappa shape index (κ2) is 5.11. The van der Waals surface area contributed by atoms with Gasteiger partial charge in [0.25, 0.3) is 0 Å². The average molecular weight is 305 g/mol. The number of rotatable bonds is 2. The highest BCUT2D eigenvalue weighted by Crippen LogP contribution is 2.58. The third-order valence-corrected chi connectivity index (χ3v) is 6.97. The molecule has 1 aromatic heterocycles. The number of nitrogens with zero attached hydrogens (tertiary/aromatic N) is 2. The maximum absolute atomic E-state index is 4.53. The Hall–Kier alpha value is -0.790. The summed E-state index contributed by atoms with van der Waals surface area (Å²) in [5.74, 6) is 2.62. The lowest BCUT2D eigenvalue weighted by molar-refractivity contribution is -0.0268. The van der Waals surface area contributed by atoms with E-state index < -0.39 is 0 Å². The number of aromatic nitrogens is 2. The van der Waals surface area contributed by atoms with Gasteiger partial charge in [-0.05, 0) is 42.9 Å². The van der Waals surface area contributed by atoms with Crippen LogP contribution >= 0.6 is 0 Å². The highest BCUT2D eigenvalue weighted by atomic mass is 15.1. The molecule has 2 rings (SSSR count). The van der Waals surface area contributed by atoms with E-state index in [1.54, 1.807) is 0 Å². The van der Waals surface area contributed by atoms with Gasteiger partial charge in [0.2, 0.25) is 0 Å². The zero-order chi connectivity index (χ0) is 17.1. The Morgan fingerprint density at radius 2 is 1.41 bits per heavy atom. The molecule has 2 unspecified atom stereocenters. The summed E-state index contributed by atoms with van der Waals surface area (Å²) >= 11 is 0. The van der Waals surface area contributed by atoms with Crippen molar-refractivity contribution in [2.75, 3.05) is 0 Å². The second-order valence-corrected chi connectivity index (χ2v) is 9.69. The quantitative estimate of drug-likeness (QED) is 0.707. The summed E-state index contributed by atoms with van der Waals surface area (Å²) in [7, 11) is 0. The van der Waals surface area contributed by atoms with E-state index in [9.17, 15) is 0 Å². The first-order chi connectivity index (χ1) is 9.86. The molecule has 0 aliphatic carbocycles. The third-order valence-electron chi connectivity index (χ3n) is 6.97. The van der Waals surface area contributed by atoms with E-state index in [0.717, 1.165) is 0 Å². The minimum Gasteiger partial charge on any atom is -0.328 e. The van der Waals surface area contributed by atoms with E-state index in [1.807, 2.05) is 0 Å². The normalized spacial score (nSPS) is 29.5. The van der Waals surface area contributed by atoms with Crippen molar-refractivity contribution in [1.82, 2.24) is 9.55 Å². The van der Waals surface area contributed by atoms with E-state index in [4.69, 9.17) is 0 Å². The molecule has 0 fully saturated rings. The SMILES string of the molecule is CC(C)C1C(C(C)C)C(C)(C)C(C)(C)n2cncc2C1(C)C. The van der Waals surface area contributed by atoms with Crippen LogP contribution in [0.25, 0.3) is 0 Å². The summed E-state index contributed by atoms with van der Waals surface area (Å²) in [6.45, 7) is 24.2. The smallest absolute Gasteiger partial charge is 0.0953 e. The minimum atomic E-state index is 0.0503. The summed E-state index contributed by atoms with van der Waals surface area (Å²) in [6.07, 6.45) is 4.16. The molecule has 2 heterocycles. The molecule has 126 valence electrons. The topological polar surface area (TPSA) is 17.8 Å². The van der Waals surface area contributed by atoms with Crippen molar-refractivity contribution in [2.24, 2.45) is 29.1 Å². The molecule has 2 atom stereocenters. The maximum atomic E-state index is 4.53. The zero-order valence-corrected chi connectivity index (χ0v) is 16.4. The molecule has 0 amide bonds. The van der Waals surface area contributed by atoms with Crippen LogP contribution in [0.5, 0.6) is 0 Å². The lowest BCUT2D eigenvalue weighted by Crippen LogP contribution is -2.50. The fourth-order valence-electron chi connectivity index (χ4n) is 5.50. The summed E-state index contributed by atoms with van der Waals surface area (Å²) in [5.41, 5.74) is 1.77. The van der Waals surface area contributed by atoms with Crippen molar-refractivity contribution < 1.29 is 0 Å². The van der Waals surface area contributed by atoms with Gasteiger partial charge in [-0.3, -0.25) is 0 Å². The van der Waals surface area contributed by atoms with E-state index in [0.29, 0.717) is 23.7 Å². The van der Waals surface area contributed by atoms with Crippen LogP contribution in [-0.2, 0) is 11.0 Å². The average Bonchev–Trinajstić information content (AvgIpc) is 2.82. The Balaban J connectivity index is 2.82. The predicted octanol–water partition coefficient (Wildman–Crippen LogP) is 5.48. The minimum absolute atomic E-state index is 0.0503. The van der Waals surface area contributed by atoms with E-state index in [1.165, 1.54) is 5.69 Å². The van der Waals surface area contributed by atoms with E-state index in [2.05, 4.69) is 91.3 Å². The lowest BCUT2D eigenvalue weighted by atomic mass is 9.53. The molecule has 0 bridgehead atoms. The van der Waals surface area contributed by atoms with Crippen molar-refractivity contribution in [3.05, 3.63) is 18.2 Å². The van der Waals surface area contributed by atoms with Gasteiger partial charge in [-0.2, -0.15) is 0 Å². The molecule has 2 heteroatoms. The molecule has 0 N–H and O–H groups in total. The van der Waals surface area contributed by atoms with Crippen LogP contribution < -0.4 is 0 Å². The highest BCUT2D eigenvalue weighted by molar-refractivity contribution is 5.23. The molecule has 0 saturated carbocycles. The van der Waals surface area contributed by atoms with Crippen molar-refractivity contribution >= 4 is 0 Å². The van der Waals surface area contributed by atoms with Gasteiger partial charge in [0, 0.05) is 22.8 Å². The second-order valence-electron chi connectivity index (χ2n) is 9.69. The van der Waals surface area contributed by atoms with Crippen LogP contribution in [-0.4, -0.2) is 9.55 Å². The third kappa shape index (κ3) is 2.17. The summed E-state index contributed by atoms with van der Waals surface area (Å²) in [4.78, 5) is 4.53. The van der Waals surface area contributed by atoms with Crippen LogP contribution in [0.15, 0.2) is 12.5 Å². The number of hydrogen-bond acceptors (Lipinski definition) is 1. The van der Waals surface area contributed by atoms with Crippen molar-refractivity contribution in [2.45, 2.75) is 80.2 Å². The van der Waals surface area contributed by atoms with Gasteiger partial charge in [-0.15, -0.1) is 0 Å². The summed E-state index contributed by atoms with van der Waals surface area (Å²) in [5, 5.41) is 0. The molecule has 22 heavy (non-hydrogen) atoms. The first-order valence-corrected chi connectivity index (χ1v) is 8.90. The molecule has 0 spiro atoms. The van der Waals surface area contributed by atoms with E-state index in [-0.39, 0.29) is 16.4 Å². The first kappa shape index (κ1) is 17.6. The molecule has 2 nitrogen and oxygen atoms in total. The van der Waals surface area contributed by atoms with Gasteiger partial charge in [-0.1, -0.05) is 55.4 Å². The molecular formula is C20H36N2. The molecule has 1 aliphatic heterocycles. The van der Waals surface area contributed by atoms with Crippen molar-refractivity contribution in [1.29, 1.82) is 0 Å². The van der Waals surface area contributed by atoms with Crippen LogP contribution in [0.2, 0.25) is 0 Å². The molecule has 1 aliphatic rings. The van der Waals surface area contributed by atoms with Crippen molar-refractivity contribution in [3.63, 3.8) is 0 Å². The van der Waals surface area contributed by atoms with Crippen LogP contribution in [0.4, 0.5) is 0 Å². The molecule has 0 saturated heterocycles. The lowest BCUT2D eigenvalue weighted by Gasteiger charge is -2.52. The van der Waals surface area contributed by atoms with Gasteiger partial charge >= 0.3 is 0 Å². The van der Waals surface area contributed by atoms with Gasteiger partial charge in [-0.25, -0.2) is 4.98 Å². The van der Waals surface area contributed by atoms with Crippen LogP contribution in [0.1, 0.15) is 74.9 Å². The fraction of sp³-hybridized carbons (Fsp3) is 0.850. The Labute approximate surface area is 137 Å². The van der Waals surface area contributed by atoms with Crippen LogP contribution in [0, 0.1) is 29.1 Å².